The highest BCUT2D eigenvalue weighted by atomic mass is 16.1. The molecule has 3 nitrogen and oxygen atoms in total. The van der Waals surface area contributed by atoms with E-state index in [4.69, 9.17) is 0 Å². The summed E-state index contributed by atoms with van der Waals surface area (Å²) in [6.07, 6.45) is 7.36. The van der Waals surface area contributed by atoms with Gasteiger partial charge in [-0.2, -0.15) is 0 Å². The van der Waals surface area contributed by atoms with Crippen LogP contribution in [-0.2, 0) is 4.79 Å². The second-order valence-electron chi connectivity index (χ2n) is 5.45. The molecule has 3 heteroatoms. The topological polar surface area (TPSA) is 41.1 Å². The quantitative estimate of drug-likeness (QED) is 0.727. The summed E-state index contributed by atoms with van der Waals surface area (Å²) in [5.74, 6) is 1.47. The molecule has 3 fully saturated rings. The summed E-state index contributed by atoms with van der Waals surface area (Å²) in [5, 5.41) is 6.73. The smallest absolute Gasteiger partial charge is 0.223 e. The fraction of sp³-hybridized carbons (Fsp3) is 0.917. The molecule has 2 saturated carbocycles. The second kappa shape index (κ2) is 3.48. The molecule has 0 bridgehead atoms. The molecule has 1 aliphatic heterocycles. The van der Waals surface area contributed by atoms with Crippen molar-refractivity contribution in [1.29, 1.82) is 0 Å². The van der Waals surface area contributed by atoms with Gasteiger partial charge in [0.25, 0.3) is 0 Å². The lowest BCUT2D eigenvalue weighted by Crippen LogP contribution is -2.59. The summed E-state index contributed by atoms with van der Waals surface area (Å²) in [6, 6.07) is 0. The minimum absolute atomic E-state index is 0.291. The molecule has 3 aliphatic rings. The molecule has 0 spiro atoms. The predicted molar refractivity (Wildman–Crippen MR) is 58.4 cm³/mol. The van der Waals surface area contributed by atoms with Crippen molar-refractivity contribution >= 4 is 5.91 Å². The molecule has 2 unspecified atom stereocenters. The number of amides is 1. The van der Waals surface area contributed by atoms with E-state index in [0.717, 1.165) is 31.8 Å². The number of nitrogens with one attached hydrogen (secondary N) is 2. The Bertz CT molecular complexity index is 275. The van der Waals surface area contributed by atoms with Crippen molar-refractivity contribution in [2.24, 2.45) is 11.8 Å². The van der Waals surface area contributed by atoms with Crippen molar-refractivity contribution in [3.8, 4) is 0 Å². The summed E-state index contributed by atoms with van der Waals surface area (Å²) in [4.78, 5) is 11.7. The lowest BCUT2D eigenvalue weighted by molar-refractivity contribution is -0.128. The highest BCUT2D eigenvalue weighted by Crippen LogP contribution is 2.44. The first-order valence-electron chi connectivity index (χ1n) is 6.33. The normalized spacial score (nSPS) is 39.1. The van der Waals surface area contributed by atoms with Gasteiger partial charge in [0.2, 0.25) is 5.91 Å². The van der Waals surface area contributed by atoms with Gasteiger partial charge in [0, 0.05) is 18.0 Å². The largest absolute Gasteiger partial charge is 0.354 e. The molecule has 2 aliphatic carbocycles. The average molecular weight is 208 g/mol. The van der Waals surface area contributed by atoms with Gasteiger partial charge in [-0.15, -0.1) is 0 Å². The fourth-order valence-corrected chi connectivity index (χ4v) is 3.20. The van der Waals surface area contributed by atoms with Gasteiger partial charge >= 0.3 is 0 Å². The van der Waals surface area contributed by atoms with Crippen LogP contribution >= 0.6 is 0 Å². The van der Waals surface area contributed by atoms with Gasteiger partial charge < -0.3 is 10.6 Å². The number of carbonyl (C=O) groups is 1. The Labute approximate surface area is 91.0 Å². The molecule has 3 rings (SSSR count). The van der Waals surface area contributed by atoms with Crippen molar-refractivity contribution in [2.45, 2.75) is 44.1 Å². The zero-order chi connectivity index (χ0) is 10.3. The Morgan fingerprint density at radius 1 is 1.33 bits per heavy atom. The number of rotatable bonds is 3. The summed E-state index contributed by atoms with van der Waals surface area (Å²) < 4.78 is 0. The maximum atomic E-state index is 11.7. The number of carbonyl (C=O) groups excluding carboxylic acids is 1. The van der Waals surface area contributed by atoms with Gasteiger partial charge in [-0.3, -0.25) is 4.79 Å². The first kappa shape index (κ1) is 9.64. The Hall–Kier alpha value is -0.570. The molecule has 0 aromatic rings. The van der Waals surface area contributed by atoms with Crippen LogP contribution in [0.3, 0.4) is 0 Å². The van der Waals surface area contributed by atoms with Crippen LogP contribution in [0.25, 0.3) is 0 Å². The van der Waals surface area contributed by atoms with Gasteiger partial charge in [-0.25, -0.2) is 0 Å². The van der Waals surface area contributed by atoms with Crippen LogP contribution in [0.5, 0.6) is 0 Å². The molecule has 84 valence electrons. The van der Waals surface area contributed by atoms with Crippen molar-refractivity contribution in [3.63, 3.8) is 0 Å². The summed E-state index contributed by atoms with van der Waals surface area (Å²) in [7, 11) is 0. The molecule has 1 heterocycles. The molecular weight excluding hydrogens is 188 g/mol. The predicted octanol–water partition coefficient (Wildman–Crippen LogP) is 1.04. The van der Waals surface area contributed by atoms with E-state index in [1.54, 1.807) is 0 Å². The van der Waals surface area contributed by atoms with E-state index in [1.807, 2.05) is 0 Å². The lowest BCUT2D eigenvalue weighted by atomic mass is 9.68. The fourth-order valence-electron chi connectivity index (χ4n) is 3.20. The number of hydrogen-bond donors (Lipinski definition) is 2. The molecule has 2 N–H and O–H groups in total. The van der Waals surface area contributed by atoms with Gasteiger partial charge in [0.1, 0.15) is 0 Å². The van der Waals surface area contributed by atoms with Crippen LogP contribution in [0.2, 0.25) is 0 Å². The molecule has 1 amide bonds. The third kappa shape index (κ3) is 1.48. The maximum absolute atomic E-state index is 11.7. The van der Waals surface area contributed by atoms with Crippen molar-refractivity contribution in [2.75, 3.05) is 13.1 Å². The third-order valence-electron chi connectivity index (χ3n) is 4.74. The Balaban J connectivity index is 1.51. The standard InChI is InChI=1S/C12H20N2O/c15-11(9-2-1-3-9)13-8-12-6-4-10(12)5-7-14-12/h9-10,14H,1-8H2,(H,13,15). The summed E-state index contributed by atoms with van der Waals surface area (Å²) in [5.41, 5.74) is 0.291. The van der Waals surface area contributed by atoms with E-state index < -0.39 is 0 Å². The van der Waals surface area contributed by atoms with Crippen LogP contribution in [0.4, 0.5) is 0 Å². The monoisotopic (exact) mass is 208 g/mol. The van der Waals surface area contributed by atoms with Crippen molar-refractivity contribution in [3.05, 3.63) is 0 Å². The zero-order valence-electron chi connectivity index (χ0n) is 9.22. The lowest BCUT2D eigenvalue weighted by Gasteiger charge is -2.45. The minimum atomic E-state index is 0.291. The molecule has 0 radical (unpaired) electrons. The van der Waals surface area contributed by atoms with Crippen LogP contribution in [0.1, 0.15) is 38.5 Å². The van der Waals surface area contributed by atoms with Crippen LogP contribution in [-0.4, -0.2) is 24.5 Å². The van der Waals surface area contributed by atoms with Gasteiger partial charge in [0.15, 0.2) is 0 Å². The molecule has 1 saturated heterocycles. The molecule has 0 aromatic carbocycles. The van der Waals surface area contributed by atoms with E-state index >= 15 is 0 Å². The molecular formula is C12H20N2O. The minimum Gasteiger partial charge on any atom is -0.354 e. The van der Waals surface area contributed by atoms with E-state index in [1.165, 1.54) is 25.7 Å². The average Bonchev–Trinajstić information content (AvgIpc) is 2.38. The SMILES string of the molecule is O=C(NCC12CCC1CCN2)C1CCC1. The molecule has 15 heavy (non-hydrogen) atoms. The molecule has 0 aromatic heterocycles. The van der Waals surface area contributed by atoms with E-state index in [-0.39, 0.29) is 0 Å². The maximum Gasteiger partial charge on any atom is 0.223 e. The van der Waals surface area contributed by atoms with E-state index in [0.29, 0.717) is 17.4 Å². The van der Waals surface area contributed by atoms with Crippen molar-refractivity contribution in [1.82, 2.24) is 10.6 Å². The van der Waals surface area contributed by atoms with E-state index in [2.05, 4.69) is 10.6 Å². The Morgan fingerprint density at radius 2 is 2.20 bits per heavy atom. The highest BCUT2D eigenvalue weighted by Gasteiger charge is 2.49. The number of hydrogen-bond acceptors (Lipinski definition) is 2. The van der Waals surface area contributed by atoms with Gasteiger partial charge in [-0.1, -0.05) is 6.42 Å². The number of fused-ring (bicyclic) bond motifs is 1. The van der Waals surface area contributed by atoms with E-state index in [9.17, 15) is 4.79 Å². The molecule has 2 atom stereocenters. The van der Waals surface area contributed by atoms with Crippen LogP contribution in [0, 0.1) is 11.8 Å². The van der Waals surface area contributed by atoms with Crippen molar-refractivity contribution < 1.29 is 4.79 Å². The Morgan fingerprint density at radius 3 is 2.73 bits per heavy atom. The Kier molecular flexibility index (Phi) is 2.23. The van der Waals surface area contributed by atoms with Crippen LogP contribution < -0.4 is 10.6 Å². The van der Waals surface area contributed by atoms with Gasteiger partial charge in [0.05, 0.1) is 0 Å². The van der Waals surface area contributed by atoms with Gasteiger partial charge in [-0.05, 0) is 44.6 Å². The zero-order valence-corrected chi connectivity index (χ0v) is 9.22. The highest BCUT2D eigenvalue weighted by molar-refractivity contribution is 5.79. The first-order valence-corrected chi connectivity index (χ1v) is 6.33. The van der Waals surface area contributed by atoms with Crippen LogP contribution in [0.15, 0.2) is 0 Å². The second-order valence-corrected chi connectivity index (χ2v) is 5.45. The summed E-state index contributed by atoms with van der Waals surface area (Å²) >= 11 is 0. The summed E-state index contributed by atoms with van der Waals surface area (Å²) in [6.45, 7) is 2.01. The third-order valence-corrected chi connectivity index (χ3v) is 4.74. The first-order chi connectivity index (χ1) is 7.30.